The summed E-state index contributed by atoms with van der Waals surface area (Å²) >= 11 is 0. The molecule has 0 spiro atoms. The van der Waals surface area contributed by atoms with Crippen LogP contribution in [0.1, 0.15) is 12.0 Å². The molecule has 0 amide bonds. The molecule has 2 heterocycles. The Hall–Kier alpha value is -1.90. The largest absolute Gasteiger partial charge is 0.322 e. The van der Waals surface area contributed by atoms with Crippen LogP contribution in [-0.4, -0.2) is 16.5 Å². The second-order valence-electron chi connectivity index (χ2n) is 3.79. The lowest BCUT2D eigenvalue weighted by atomic mass is 10.1. The van der Waals surface area contributed by atoms with Gasteiger partial charge < -0.3 is 4.90 Å². The lowest BCUT2D eigenvalue weighted by molar-refractivity contribution is -0.114. The van der Waals surface area contributed by atoms with Gasteiger partial charge >= 0.3 is 0 Å². The molecule has 0 aliphatic carbocycles. The number of ketones is 1. The maximum Gasteiger partial charge on any atom is 0.186 e. The average molecular weight is 198 g/mol. The number of rotatable bonds is 0. The Bertz CT molecular complexity index is 502. The highest BCUT2D eigenvalue weighted by molar-refractivity contribution is 6.17. The van der Waals surface area contributed by atoms with Crippen LogP contribution in [0.2, 0.25) is 0 Å². The predicted octanol–water partition coefficient (Wildman–Crippen LogP) is 2.02. The van der Waals surface area contributed by atoms with Crippen LogP contribution in [0.3, 0.4) is 0 Å². The van der Waals surface area contributed by atoms with Crippen molar-refractivity contribution in [2.45, 2.75) is 13.0 Å². The lowest BCUT2D eigenvalue weighted by Crippen LogP contribution is -2.25. The topological polar surface area (TPSA) is 32.7 Å². The van der Waals surface area contributed by atoms with E-state index in [2.05, 4.69) is 11.6 Å². The predicted molar refractivity (Wildman–Crippen MR) is 57.8 cm³/mol. The van der Waals surface area contributed by atoms with Gasteiger partial charge in [0, 0.05) is 0 Å². The lowest BCUT2D eigenvalue weighted by Gasteiger charge is -2.24. The number of allylic oxidation sites excluding steroid dienone is 1. The summed E-state index contributed by atoms with van der Waals surface area (Å²) in [5, 5.41) is 0. The highest BCUT2D eigenvalue weighted by Gasteiger charge is 2.32. The third kappa shape index (κ3) is 1.13. The number of carbonyl (C=O) groups is 1. The van der Waals surface area contributed by atoms with Crippen molar-refractivity contribution in [1.29, 1.82) is 0 Å². The van der Waals surface area contributed by atoms with Crippen LogP contribution in [0.15, 0.2) is 41.5 Å². The Kier molecular flexibility index (Phi) is 1.57. The number of carbonyl (C=O) groups excluding carboxylic acids is 1. The number of benzene rings is 1. The molecule has 0 N–H and O–H groups in total. The number of nitrogens with zero attached hydrogens (tertiary/aromatic N) is 2. The first-order valence-electron chi connectivity index (χ1n) is 4.91. The van der Waals surface area contributed by atoms with Crippen molar-refractivity contribution >= 4 is 17.3 Å². The molecule has 1 aromatic carbocycles. The van der Waals surface area contributed by atoms with E-state index in [-0.39, 0.29) is 5.78 Å². The molecule has 1 saturated heterocycles. The molecule has 3 rings (SSSR count). The highest BCUT2D eigenvalue weighted by Crippen LogP contribution is 2.32. The van der Waals surface area contributed by atoms with E-state index in [1.807, 2.05) is 29.2 Å². The number of para-hydroxylation sites is 1. The first kappa shape index (κ1) is 8.41. The van der Waals surface area contributed by atoms with Crippen LogP contribution in [0.25, 0.3) is 0 Å². The van der Waals surface area contributed by atoms with Gasteiger partial charge in [0.15, 0.2) is 5.78 Å². The zero-order valence-electron chi connectivity index (χ0n) is 8.23. The molecule has 15 heavy (non-hydrogen) atoms. The molecule has 0 aromatic heterocycles. The summed E-state index contributed by atoms with van der Waals surface area (Å²) in [6.07, 6.45) is 0.396. The Balaban J connectivity index is 2.11. The molecule has 0 unspecified atom stereocenters. The summed E-state index contributed by atoms with van der Waals surface area (Å²) in [6.45, 7) is 4.51. The summed E-state index contributed by atoms with van der Waals surface area (Å²) in [5.74, 6) is 0.922. The second kappa shape index (κ2) is 2.79. The summed E-state index contributed by atoms with van der Waals surface area (Å²) < 4.78 is 0. The molecule has 1 fully saturated rings. The molecule has 2 aliphatic rings. The van der Waals surface area contributed by atoms with E-state index in [0.717, 1.165) is 23.6 Å². The number of aliphatic imine (C=N–C) groups is 1. The van der Waals surface area contributed by atoms with E-state index < -0.39 is 0 Å². The molecule has 74 valence electrons. The molecular weight excluding hydrogens is 188 g/mol. The van der Waals surface area contributed by atoms with E-state index in [1.165, 1.54) is 0 Å². The Morgan fingerprint density at radius 1 is 1.33 bits per heavy atom. The first-order chi connectivity index (χ1) is 7.25. The molecule has 2 aliphatic heterocycles. The van der Waals surface area contributed by atoms with Gasteiger partial charge in [0.05, 0.1) is 24.4 Å². The van der Waals surface area contributed by atoms with Crippen molar-refractivity contribution in [3.8, 4) is 0 Å². The van der Waals surface area contributed by atoms with Gasteiger partial charge in [0.1, 0.15) is 5.84 Å². The third-order valence-electron chi connectivity index (χ3n) is 2.85. The fourth-order valence-electron chi connectivity index (χ4n) is 2.00. The summed E-state index contributed by atoms with van der Waals surface area (Å²) in [7, 11) is 0. The number of Topliss-reactive ketones (excluding diaryl/α,β-unsaturated/α-hetero) is 1. The Morgan fingerprint density at radius 3 is 3.00 bits per heavy atom. The molecule has 0 atom stereocenters. The van der Waals surface area contributed by atoms with Crippen molar-refractivity contribution in [2.24, 2.45) is 4.99 Å². The molecule has 3 nitrogen and oxygen atoms in total. The zero-order chi connectivity index (χ0) is 10.4. The SMILES string of the molecule is C=C1C(=O)CC2=Nc3ccccc3CN12. The molecule has 0 saturated carbocycles. The van der Waals surface area contributed by atoms with Crippen molar-refractivity contribution in [2.75, 3.05) is 0 Å². The van der Waals surface area contributed by atoms with Gasteiger partial charge in [-0.25, -0.2) is 4.99 Å². The van der Waals surface area contributed by atoms with Crippen molar-refractivity contribution in [3.05, 3.63) is 42.1 Å². The van der Waals surface area contributed by atoms with Gasteiger partial charge in [-0.3, -0.25) is 4.79 Å². The quantitative estimate of drug-likeness (QED) is 0.597. The number of fused-ring (bicyclic) bond motifs is 2. The fraction of sp³-hybridized carbons (Fsp3) is 0.167. The second-order valence-corrected chi connectivity index (χ2v) is 3.79. The standard InChI is InChI=1S/C12H10N2O/c1-8-11(15)6-12-13-10-5-3-2-4-9(10)7-14(8)12/h2-5H,1,6-7H2. The van der Waals surface area contributed by atoms with Gasteiger partial charge in [0.25, 0.3) is 0 Å². The van der Waals surface area contributed by atoms with Crippen molar-refractivity contribution in [1.82, 2.24) is 4.90 Å². The van der Waals surface area contributed by atoms with E-state index in [0.29, 0.717) is 12.1 Å². The van der Waals surface area contributed by atoms with Crippen LogP contribution < -0.4 is 0 Å². The summed E-state index contributed by atoms with van der Waals surface area (Å²) in [4.78, 5) is 17.8. The van der Waals surface area contributed by atoms with Gasteiger partial charge in [-0.15, -0.1) is 0 Å². The van der Waals surface area contributed by atoms with Gasteiger partial charge in [0.2, 0.25) is 0 Å². The van der Waals surface area contributed by atoms with Crippen molar-refractivity contribution in [3.63, 3.8) is 0 Å². The zero-order valence-corrected chi connectivity index (χ0v) is 8.23. The van der Waals surface area contributed by atoms with Crippen LogP contribution in [0, 0.1) is 0 Å². The van der Waals surface area contributed by atoms with Crippen LogP contribution in [-0.2, 0) is 11.3 Å². The minimum absolute atomic E-state index is 0.0848. The first-order valence-corrected chi connectivity index (χ1v) is 4.91. The Morgan fingerprint density at radius 2 is 2.13 bits per heavy atom. The van der Waals surface area contributed by atoms with E-state index in [1.54, 1.807) is 0 Å². The molecule has 3 heteroatoms. The maximum atomic E-state index is 11.5. The minimum atomic E-state index is 0.0848. The summed E-state index contributed by atoms with van der Waals surface area (Å²) in [5.41, 5.74) is 2.70. The number of hydrogen-bond donors (Lipinski definition) is 0. The van der Waals surface area contributed by atoms with Crippen molar-refractivity contribution < 1.29 is 4.79 Å². The minimum Gasteiger partial charge on any atom is -0.322 e. The normalized spacial score (nSPS) is 18.7. The highest BCUT2D eigenvalue weighted by atomic mass is 16.1. The number of amidine groups is 1. The average Bonchev–Trinajstić information content (AvgIpc) is 2.52. The fourth-order valence-corrected chi connectivity index (χ4v) is 2.00. The van der Waals surface area contributed by atoms with E-state index in [4.69, 9.17) is 0 Å². The Labute approximate surface area is 87.7 Å². The van der Waals surface area contributed by atoms with Gasteiger partial charge in [-0.05, 0) is 11.6 Å². The van der Waals surface area contributed by atoms with Crippen LogP contribution in [0.5, 0.6) is 0 Å². The van der Waals surface area contributed by atoms with E-state index in [9.17, 15) is 4.79 Å². The molecule has 0 radical (unpaired) electrons. The maximum absolute atomic E-state index is 11.5. The summed E-state index contributed by atoms with van der Waals surface area (Å²) in [6, 6.07) is 7.96. The van der Waals surface area contributed by atoms with Crippen LogP contribution in [0.4, 0.5) is 5.69 Å². The third-order valence-corrected chi connectivity index (χ3v) is 2.85. The molecule has 1 aromatic rings. The monoisotopic (exact) mass is 198 g/mol. The van der Waals surface area contributed by atoms with E-state index >= 15 is 0 Å². The number of hydrogen-bond acceptors (Lipinski definition) is 3. The van der Waals surface area contributed by atoms with Crippen LogP contribution >= 0.6 is 0 Å². The molecule has 0 bridgehead atoms. The van der Waals surface area contributed by atoms with Gasteiger partial charge in [-0.1, -0.05) is 24.8 Å². The van der Waals surface area contributed by atoms with Gasteiger partial charge in [-0.2, -0.15) is 0 Å². The smallest absolute Gasteiger partial charge is 0.186 e. The molecular formula is C12H10N2O.